The summed E-state index contributed by atoms with van der Waals surface area (Å²) in [5.74, 6) is 0. The van der Waals surface area contributed by atoms with Crippen LogP contribution in [0.2, 0.25) is 0 Å². The maximum atomic E-state index is 9.52. The predicted octanol–water partition coefficient (Wildman–Crippen LogP) is 2.55. The van der Waals surface area contributed by atoms with Crippen molar-refractivity contribution in [3.05, 3.63) is 47.8 Å². The van der Waals surface area contributed by atoms with Gasteiger partial charge in [-0.2, -0.15) is 0 Å². The molecule has 6 nitrogen and oxygen atoms in total. The van der Waals surface area contributed by atoms with E-state index in [0.717, 1.165) is 74.1 Å². The largest absolute Gasteiger partial charge is 0.389 e. The first-order chi connectivity index (χ1) is 13.7. The van der Waals surface area contributed by atoms with Crippen molar-refractivity contribution >= 4 is 16.6 Å². The lowest BCUT2D eigenvalue weighted by Gasteiger charge is -2.37. The molecule has 0 atom stereocenters. The van der Waals surface area contributed by atoms with Gasteiger partial charge in [0.15, 0.2) is 0 Å². The number of aliphatic hydroxyl groups excluding tert-OH is 1. The number of nitrogens with one attached hydrogen (secondary N) is 1. The molecule has 0 bridgehead atoms. The molecule has 2 aromatic heterocycles. The van der Waals surface area contributed by atoms with Crippen LogP contribution in [0.15, 0.2) is 36.4 Å². The number of H-pyrrole nitrogens is 1. The predicted molar refractivity (Wildman–Crippen MR) is 111 cm³/mol. The molecule has 2 aliphatic rings. The van der Waals surface area contributed by atoms with Gasteiger partial charge in [-0.3, -0.25) is 9.88 Å². The third-order valence-corrected chi connectivity index (χ3v) is 5.67. The van der Waals surface area contributed by atoms with Gasteiger partial charge >= 0.3 is 0 Å². The van der Waals surface area contributed by atoms with Crippen LogP contribution < -0.4 is 4.90 Å². The highest BCUT2D eigenvalue weighted by atomic mass is 16.5. The number of hydrogen-bond donors (Lipinski definition) is 2. The third-order valence-electron chi connectivity index (χ3n) is 5.67. The maximum absolute atomic E-state index is 9.52. The number of nitrogens with zero attached hydrogens (tertiary/aromatic N) is 3. The van der Waals surface area contributed by atoms with Crippen molar-refractivity contribution in [2.75, 3.05) is 44.3 Å². The van der Waals surface area contributed by atoms with Crippen LogP contribution in [0.3, 0.4) is 0 Å². The first kappa shape index (κ1) is 17.7. The van der Waals surface area contributed by atoms with Crippen LogP contribution in [0, 0.1) is 6.92 Å². The van der Waals surface area contributed by atoms with Gasteiger partial charge in [0.2, 0.25) is 0 Å². The number of fused-ring (bicyclic) bond motifs is 1. The monoisotopic (exact) mass is 378 g/mol. The van der Waals surface area contributed by atoms with Crippen molar-refractivity contribution in [1.29, 1.82) is 0 Å². The Kier molecular flexibility index (Phi) is 4.55. The van der Waals surface area contributed by atoms with Gasteiger partial charge in [-0.1, -0.05) is 12.1 Å². The minimum atomic E-state index is -0.192. The Morgan fingerprint density at radius 3 is 2.61 bits per heavy atom. The lowest BCUT2D eigenvalue weighted by molar-refractivity contribution is 0.0337. The van der Waals surface area contributed by atoms with Gasteiger partial charge in [0.1, 0.15) is 0 Å². The second-order valence-corrected chi connectivity index (χ2v) is 7.86. The van der Waals surface area contributed by atoms with Crippen LogP contribution in [-0.2, 0) is 11.3 Å². The summed E-state index contributed by atoms with van der Waals surface area (Å²) in [5.41, 5.74) is 6.67. The number of morpholine rings is 1. The van der Waals surface area contributed by atoms with Crippen molar-refractivity contribution in [1.82, 2.24) is 14.9 Å². The van der Waals surface area contributed by atoms with Crippen LogP contribution in [0.5, 0.6) is 0 Å². The molecule has 0 saturated carbocycles. The highest BCUT2D eigenvalue weighted by Gasteiger charge is 2.24. The maximum Gasteiger partial charge on any atom is 0.0889 e. The summed E-state index contributed by atoms with van der Waals surface area (Å²) in [6.07, 6.45) is -0.192. The number of hydrogen-bond acceptors (Lipinski definition) is 5. The second kappa shape index (κ2) is 7.20. The zero-order valence-electron chi connectivity index (χ0n) is 16.2. The van der Waals surface area contributed by atoms with Crippen LogP contribution in [0.25, 0.3) is 22.2 Å². The Bertz CT molecular complexity index is 970. The molecule has 0 aliphatic carbocycles. The molecule has 2 fully saturated rings. The molecule has 0 amide bonds. The van der Waals surface area contributed by atoms with Crippen LogP contribution in [-0.4, -0.2) is 65.5 Å². The van der Waals surface area contributed by atoms with Gasteiger partial charge in [-0.25, -0.2) is 0 Å². The number of benzene rings is 1. The van der Waals surface area contributed by atoms with E-state index in [0.29, 0.717) is 0 Å². The summed E-state index contributed by atoms with van der Waals surface area (Å²) < 4.78 is 5.45. The van der Waals surface area contributed by atoms with E-state index in [9.17, 15) is 5.11 Å². The van der Waals surface area contributed by atoms with Gasteiger partial charge in [-0.05, 0) is 31.2 Å². The normalized spacial score (nSPS) is 18.6. The fraction of sp³-hybridized carbons (Fsp3) is 0.409. The Hall–Kier alpha value is -2.41. The molecule has 2 N–H and O–H groups in total. The number of aliphatic hydroxyl groups is 1. The molecule has 0 radical (unpaired) electrons. The minimum absolute atomic E-state index is 0.192. The number of β-amino-alcohol motifs (C(OH)–C–C–N with tert-alkyl or cyclic N) is 1. The Labute approximate surface area is 164 Å². The van der Waals surface area contributed by atoms with Crippen molar-refractivity contribution in [3.8, 4) is 11.3 Å². The van der Waals surface area contributed by atoms with E-state index >= 15 is 0 Å². The standard InChI is InChI=1S/C22H26N4O2/c1-15-10-21-20(11-17(24-21)12-25-6-8-28-9-7-25)22(23-15)16-2-4-18(5-3-16)26-13-19(27)14-26/h2-5,10-11,19,24,27H,6-9,12-14H2,1H3. The van der Waals surface area contributed by atoms with Gasteiger partial charge in [-0.15, -0.1) is 0 Å². The molecule has 4 heterocycles. The molecule has 0 spiro atoms. The second-order valence-electron chi connectivity index (χ2n) is 7.86. The number of ether oxygens (including phenoxy) is 1. The molecular formula is C22H26N4O2. The molecule has 3 aromatic rings. The minimum Gasteiger partial charge on any atom is -0.389 e. The Morgan fingerprint density at radius 2 is 1.89 bits per heavy atom. The van der Waals surface area contributed by atoms with E-state index in [1.165, 1.54) is 11.1 Å². The Balaban J connectivity index is 1.44. The number of pyridine rings is 1. The average molecular weight is 378 g/mol. The summed E-state index contributed by atoms with van der Waals surface area (Å²) in [6, 6.07) is 12.9. The number of aryl methyl sites for hydroxylation is 1. The SMILES string of the molecule is Cc1cc2[nH]c(CN3CCOCC3)cc2c(-c2ccc(N3CC(O)C3)cc2)n1. The molecule has 146 valence electrons. The van der Waals surface area contributed by atoms with Crippen molar-refractivity contribution in [3.63, 3.8) is 0 Å². The van der Waals surface area contributed by atoms with E-state index in [2.05, 4.69) is 51.2 Å². The van der Waals surface area contributed by atoms with Crippen LogP contribution in [0.4, 0.5) is 5.69 Å². The van der Waals surface area contributed by atoms with Crippen molar-refractivity contribution < 1.29 is 9.84 Å². The molecule has 5 rings (SSSR count). The van der Waals surface area contributed by atoms with Crippen LogP contribution >= 0.6 is 0 Å². The molecule has 6 heteroatoms. The van der Waals surface area contributed by atoms with E-state index in [1.807, 2.05) is 6.92 Å². The van der Waals surface area contributed by atoms with Gasteiger partial charge in [0.05, 0.1) is 25.0 Å². The first-order valence-electron chi connectivity index (χ1n) is 9.98. The molecule has 2 aliphatic heterocycles. The molecule has 1 aromatic carbocycles. The highest BCUT2D eigenvalue weighted by molar-refractivity contribution is 5.94. The fourth-order valence-electron chi connectivity index (χ4n) is 4.12. The lowest BCUT2D eigenvalue weighted by Crippen LogP contribution is -2.50. The fourth-order valence-corrected chi connectivity index (χ4v) is 4.12. The third kappa shape index (κ3) is 3.39. The quantitative estimate of drug-likeness (QED) is 0.731. The topological polar surface area (TPSA) is 64.6 Å². The highest BCUT2D eigenvalue weighted by Crippen LogP contribution is 2.31. The summed E-state index contributed by atoms with van der Waals surface area (Å²) in [5, 5.41) is 10.7. The van der Waals surface area contributed by atoms with E-state index in [-0.39, 0.29) is 6.10 Å². The lowest BCUT2D eigenvalue weighted by atomic mass is 10.0. The molecule has 0 unspecified atom stereocenters. The van der Waals surface area contributed by atoms with E-state index in [1.54, 1.807) is 0 Å². The van der Waals surface area contributed by atoms with Gasteiger partial charge in [0, 0.05) is 66.3 Å². The van der Waals surface area contributed by atoms with E-state index in [4.69, 9.17) is 9.72 Å². The Morgan fingerprint density at radius 1 is 1.14 bits per heavy atom. The van der Waals surface area contributed by atoms with Gasteiger partial charge in [0.25, 0.3) is 0 Å². The number of anilines is 1. The summed E-state index contributed by atoms with van der Waals surface area (Å²) >= 11 is 0. The zero-order valence-corrected chi connectivity index (χ0v) is 16.2. The summed E-state index contributed by atoms with van der Waals surface area (Å²) in [7, 11) is 0. The van der Waals surface area contributed by atoms with Gasteiger partial charge < -0.3 is 19.7 Å². The smallest absolute Gasteiger partial charge is 0.0889 e. The van der Waals surface area contributed by atoms with Crippen molar-refractivity contribution in [2.45, 2.75) is 19.6 Å². The van der Waals surface area contributed by atoms with Crippen molar-refractivity contribution in [2.24, 2.45) is 0 Å². The molecule has 2 saturated heterocycles. The number of aromatic nitrogens is 2. The molecular weight excluding hydrogens is 352 g/mol. The zero-order chi connectivity index (χ0) is 19.1. The number of aromatic amines is 1. The van der Waals surface area contributed by atoms with E-state index < -0.39 is 0 Å². The summed E-state index contributed by atoms with van der Waals surface area (Å²) in [4.78, 5) is 13.0. The van der Waals surface area contributed by atoms with Crippen LogP contribution in [0.1, 0.15) is 11.4 Å². The first-order valence-corrected chi connectivity index (χ1v) is 9.98. The number of rotatable bonds is 4. The summed E-state index contributed by atoms with van der Waals surface area (Å²) in [6.45, 7) is 7.97. The average Bonchev–Trinajstić information content (AvgIpc) is 3.08. The molecule has 28 heavy (non-hydrogen) atoms.